The van der Waals surface area contributed by atoms with Crippen LogP contribution in [0.4, 0.5) is 0 Å². The first-order valence-corrected chi connectivity index (χ1v) is 7.72. The van der Waals surface area contributed by atoms with Crippen molar-refractivity contribution in [3.8, 4) is 10.6 Å². The first kappa shape index (κ1) is 14.0. The fourth-order valence-electron chi connectivity index (χ4n) is 2.35. The average molecular weight is 317 g/mol. The lowest BCUT2D eigenvalue weighted by molar-refractivity contribution is -0.117. The smallest absolute Gasteiger partial charge is 0.221 e. The molecule has 0 atom stereocenters. The summed E-state index contributed by atoms with van der Waals surface area (Å²) >= 11 is 7.76. The Labute approximate surface area is 131 Å². The summed E-state index contributed by atoms with van der Waals surface area (Å²) in [5.74, 6) is -0.332. The maximum Gasteiger partial charge on any atom is 0.221 e. The van der Waals surface area contributed by atoms with Crippen LogP contribution in [0.2, 0.25) is 5.02 Å². The monoisotopic (exact) mass is 316 g/mol. The number of hydrogen-bond donors (Lipinski definition) is 1. The number of amides is 1. The molecule has 3 rings (SSSR count). The van der Waals surface area contributed by atoms with Crippen LogP contribution in [0.5, 0.6) is 0 Å². The molecule has 0 fully saturated rings. The molecule has 5 heteroatoms. The average Bonchev–Trinajstić information content (AvgIpc) is 2.85. The molecule has 2 heterocycles. The van der Waals surface area contributed by atoms with Gasteiger partial charge >= 0.3 is 0 Å². The van der Waals surface area contributed by atoms with Gasteiger partial charge in [-0.2, -0.15) is 0 Å². The molecule has 21 heavy (non-hydrogen) atoms. The van der Waals surface area contributed by atoms with Gasteiger partial charge in [-0.1, -0.05) is 17.7 Å². The second-order valence-electron chi connectivity index (χ2n) is 4.92. The summed E-state index contributed by atoms with van der Waals surface area (Å²) in [6.45, 7) is 2.03. The standard InChI is InChI=1S/C16H13ClN2OS/c1-9-6-14(16-12(17)4-5-21-16)19-13-3-2-10(7-11(9)13)8-15(18)20/h2-7H,8H2,1H3,(H2,18,20). The highest BCUT2D eigenvalue weighted by molar-refractivity contribution is 7.14. The van der Waals surface area contributed by atoms with E-state index < -0.39 is 0 Å². The lowest BCUT2D eigenvalue weighted by Gasteiger charge is -2.07. The normalized spacial score (nSPS) is 11.0. The molecule has 0 spiro atoms. The predicted molar refractivity (Wildman–Crippen MR) is 87.7 cm³/mol. The zero-order valence-corrected chi connectivity index (χ0v) is 13.0. The Morgan fingerprint density at radius 2 is 2.14 bits per heavy atom. The predicted octanol–water partition coefficient (Wildman–Crippen LogP) is 3.95. The van der Waals surface area contributed by atoms with E-state index in [-0.39, 0.29) is 12.3 Å². The molecule has 2 aromatic heterocycles. The molecule has 0 aliphatic carbocycles. The number of hydrogen-bond acceptors (Lipinski definition) is 3. The van der Waals surface area contributed by atoms with Crippen molar-refractivity contribution >= 4 is 39.7 Å². The molecule has 0 radical (unpaired) electrons. The Kier molecular flexibility index (Phi) is 3.66. The fourth-order valence-corrected chi connectivity index (χ4v) is 3.46. The van der Waals surface area contributed by atoms with Crippen molar-refractivity contribution in [3.05, 3.63) is 51.9 Å². The number of primary amides is 1. The Morgan fingerprint density at radius 1 is 1.33 bits per heavy atom. The van der Waals surface area contributed by atoms with E-state index in [1.165, 1.54) is 0 Å². The first-order valence-electron chi connectivity index (χ1n) is 6.46. The van der Waals surface area contributed by atoms with Crippen LogP contribution >= 0.6 is 22.9 Å². The minimum atomic E-state index is -0.332. The van der Waals surface area contributed by atoms with Crippen LogP contribution in [-0.4, -0.2) is 10.9 Å². The summed E-state index contributed by atoms with van der Waals surface area (Å²) in [5, 5.41) is 3.70. The molecule has 1 aromatic carbocycles. The van der Waals surface area contributed by atoms with E-state index in [1.54, 1.807) is 11.3 Å². The number of carbonyl (C=O) groups excluding carboxylic acids is 1. The van der Waals surface area contributed by atoms with Crippen molar-refractivity contribution in [2.24, 2.45) is 5.73 Å². The lowest BCUT2D eigenvalue weighted by Crippen LogP contribution is -2.13. The largest absolute Gasteiger partial charge is 0.369 e. The van der Waals surface area contributed by atoms with E-state index in [4.69, 9.17) is 17.3 Å². The van der Waals surface area contributed by atoms with Gasteiger partial charge in [-0.25, -0.2) is 4.98 Å². The summed E-state index contributed by atoms with van der Waals surface area (Å²) in [7, 11) is 0. The Bertz CT molecular complexity index is 841. The van der Waals surface area contributed by atoms with Crippen molar-refractivity contribution in [1.29, 1.82) is 0 Å². The molecular weight excluding hydrogens is 304 g/mol. The molecule has 0 unspecified atom stereocenters. The molecule has 3 nitrogen and oxygen atoms in total. The molecule has 0 aliphatic rings. The molecular formula is C16H13ClN2OS. The maximum atomic E-state index is 11.0. The molecule has 2 N–H and O–H groups in total. The number of halogens is 1. The molecule has 0 aliphatic heterocycles. The van der Waals surface area contributed by atoms with E-state index in [0.29, 0.717) is 0 Å². The number of thiophene rings is 1. The van der Waals surface area contributed by atoms with Crippen molar-refractivity contribution < 1.29 is 4.79 Å². The Balaban J connectivity index is 2.13. The zero-order chi connectivity index (χ0) is 15.0. The number of nitrogens with zero attached hydrogens (tertiary/aromatic N) is 1. The minimum Gasteiger partial charge on any atom is -0.369 e. The van der Waals surface area contributed by atoms with E-state index >= 15 is 0 Å². The third-order valence-corrected chi connectivity index (χ3v) is 4.67. The SMILES string of the molecule is Cc1cc(-c2sccc2Cl)nc2ccc(CC(N)=O)cc12. The highest BCUT2D eigenvalue weighted by atomic mass is 35.5. The number of benzene rings is 1. The van der Waals surface area contributed by atoms with Crippen molar-refractivity contribution in [1.82, 2.24) is 4.98 Å². The molecule has 3 aromatic rings. The molecule has 0 bridgehead atoms. The van der Waals surface area contributed by atoms with Gasteiger partial charge in [-0.05, 0) is 47.7 Å². The van der Waals surface area contributed by atoms with E-state index in [2.05, 4.69) is 4.98 Å². The quantitative estimate of drug-likeness (QED) is 0.795. The second-order valence-corrected chi connectivity index (χ2v) is 6.24. The molecule has 0 saturated heterocycles. The number of aryl methyl sites for hydroxylation is 1. The van der Waals surface area contributed by atoms with Gasteiger partial charge in [-0.3, -0.25) is 4.79 Å². The highest BCUT2D eigenvalue weighted by Crippen LogP contribution is 2.34. The number of nitrogens with two attached hydrogens (primary N) is 1. The minimum absolute atomic E-state index is 0.244. The van der Waals surface area contributed by atoms with Crippen LogP contribution in [0.15, 0.2) is 35.7 Å². The van der Waals surface area contributed by atoms with Crippen LogP contribution in [0.3, 0.4) is 0 Å². The third-order valence-electron chi connectivity index (χ3n) is 3.31. The number of carbonyl (C=O) groups is 1. The lowest BCUT2D eigenvalue weighted by atomic mass is 10.0. The van der Waals surface area contributed by atoms with E-state index in [1.807, 2.05) is 42.6 Å². The zero-order valence-electron chi connectivity index (χ0n) is 11.4. The van der Waals surface area contributed by atoms with Gasteiger partial charge in [0.15, 0.2) is 0 Å². The third kappa shape index (κ3) is 2.77. The van der Waals surface area contributed by atoms with Gasteiger partial charge in [0.2, 0.25) is 5.91 Å². The van der Waals surface area contributed by atoms with Crippen LogP contribution in [-0.2, 0) is 11.2 Å². The van der Waals surface area contributed by atoms with Crippen molar-refractivity contribution in [2.75, 3.05) is 0 Å². The van der Waals surface area contributed by atoms with Gasteiger partial charge in [0, 0.05) is 5.39 Å². The Morgan fingerprint density at radius 3 is 2.81 bits per heavy atom. The fraction of sp³-hybridized carbons (Fsp3) is 0.125. The number of aromatic nitrogens is 1. The first-order chi connectivity index (χ1) is 10.0. The molecule has 106 valence electrons. The van der Waals surface area contributed by atoms with Gasteiger partial charge in [0.1, 0.15) is 0 Å². The highest BCUT2D eigenvalue weighted by Gasteiger charge is 2.10. The Hall–Kier alpha value is -1.91. The van der Waals surface area contributed by atoms with Crippen molar-refractivity contribution in [2.45, 2.75) is 13.3 Å². The molecule has 1 amide bonds. The van der Waals surface area contributed by atoms with E-state index in [0.717, 1.165) is 37.6 Å². The summed E-state index contributed by atoms with van der Waals surface area (Å²) in [6.07, 6.45) is 0.244. The van der Waals surface area contributed by atoms with Gasteiger partial charge < -0.3 is 5.73 Å². The van der Waals surface area contributed by atoms with Crippen LogP contribution in [0.1, 0.15) is 11.1 Å². The van der Waals surface area contributed by atoms with Crippen LogP contribution in [0.25, 0.3) is 21.5 Å². The van der Waals surface area contributed by atoms with Gasteiger partial charge in [0.05, 0.1) is 27.5 Å². The number of fused-ring (bicyclic) bond motifs is 1. The van der Waals surface area contributed by atoms with Crippen molar-refractivity contribution in [3.63, 3.8) is 0 Å². The number of pyridine rings is 1. The number of rotatable bonds is 3. The molecule has 0 saturated carbocycles. The van der Waals surface area contributed by atoms with Crippen LogP contribution < -0.4 is 5.73 Å². The topological polar surface area (TPSA) is 56.0 Å². The summed E-state index contributed by atoms with van der Waals surface area (Å²) in [5.41, 5.74) is 9.02. The summed E-state index contributed by atoms with van der Waals surface area (Å²) in [6, 6.07) is 9.68. The van der Waals surface area contributed by atoms with Gasteiger partial charge in [0.25, 0.3) is 0 Å². The van der Waals surface area contributed by atoms with Gasteiger partial charge in [-0.15, -0.1) is 11.3 Å². The summed E-state index contributed by atoms with van der Waals surface area (Å²) in [4.78, 5) is 16.7. The summed E-state index contributed by atoms with van der Waals surface area (Å²) < 4.78 is 0. The van der Waals surface area contributed by atoms with Crippen LogP contribution in [0, 0.1) is 6.92 Å². The second kappa shape index (κ2) is 5.47. The maximum absolute atomic E-state index is 11.0. The van der Waals surface area contributed by atoms with E-state index in [9.17, 15) is 4.79 Å².